The van der Waals surface area contributed by atoms with Crippen LogP contribution < -0.4 is 0 Å². The lowest BCUT2D eigenvalue weighted by atomic mass is 10.0. The molecule has 0 fully saturated rings. The molecule has 1 unspecified atom stereocenters. The maximum Gasteiger partial charge on any atom is 0.417 e. The summed E-state index contributed by atoms with van der Waals surface area (Å²) in [6.07, 6.45) is -4.88. The van der Waals surface area contributed by atoms with Gasteiger partial charge in [-0.3, -0.25) is 9.59 Å². The van der Waals surface area contributed by atoms with Crippen molar-refractivity contribution in [2.45, 2.75) is 13.1 Å². The third kappa shape index (κ3) is 4.17. The maximum atomic E-state index is 13.0. The third-order valence-corrected chi connectivity index (χ3v) is 2.83. The molecule has 0 aliphatic rings. The fourth-order valence-corrected chi connectivity index (χ4v) is 1.71. The molecule has 0 radical (unpaired) electrons. The van der Waals surface area contributed by atoms with Gasteiger partial charge in [0.1, 0.15) is 5.82 Å². The van der Waals surface area contributed by atoms with Crippen molar-refractivity contribution < 1.29 is 32.3 Å². The first-order valence-corrected chi connectivity index (χ1v) is 5.89. The van der Waals surface area contributed by atoms with Gasteiger partial charge in [-0.1, -0.05) is 6.92 Å². The van der Waals surface area contributed by atoms with E-state index in [4.69, 9.17) is 5.11 Å². The molecule has 1 atom stereocenters. The number of hydrogen-bond acceptors (Lipinski definition) is 2. The van der Waals surface area contributed by atoms with Gasteiger partial charge >= 0.3 is 12.1 Å². The minimum absolute atomic E-state index is 0.238. The smallest absolute Gasteiger partial charge is 0.417 e. The molecule has 0 saturated heterocycles. The molecule has 1 N–H and O–H groups in total. The lowest BCUT2D eigenvalue weighted by Crippen LogP contribution is -2.34. The number of benzene rings is 1. The molecule has 0 aliphatic carbocycles. The molecular formula is C13H13F4NO3. The zero-order valence-corrected chi connectivity index (χ0v) is 11.2. The molecule has 0 aliphatic heterocycles. The predicted octanol–water partition coefficient (Wildman–Crippen LogP) is 2.64. The molecule has 1 aromatic rings. The van der Waals surface area contributed by atoms with Crippen molar-refractivity contribution in [1.82, 2.24) is 4.90 Å². The van der Waals surface area contributed by atoms with Crippen molar-refractivity contribution >= 4 is 11.9 Å². The van der Waals surface area contributed by atoms with Gasteiger partial charge < -0.3 is 10.0 Å². The van der Waals surface area contributed by atoms with Crippen LogP contribution in [0.1, 0.15) is 22.8 Å². The number of halogens is 4. The summed E-state index contributed by atoms with van der Waals surface area (Å²) in [5.74, 6) is -4.24. The number of rotatable bonds is 4. The van der Waals surface area contributed by atoms with Gasteiger partial charge in [0.2, 0.25) is 0 Å². The minimum atomic E-state index is -4.88. The molecule has 4 nitrogen and oxygen atoms in total. The van der Waals surface area contributed by atoms with E-state index in [0.29, 0.717) is 0 Å². The molecule has 0 heterocycles. The summed E-state index contributed by atoms with van der Waals surface area (Å²) in [6.45, 7) is 1.06. The average Bonchev–Trinajstić information content (AvgIpc) is 2.36. The number of alkyl halides is 3. The van der Waals surface area contributed by atoms with Crippen LogP contribution in [0.25, 0.3) is 0 Å². The van der Waals surface area contributed by atoms with E-state index in [1.54, 1.807) is 0 Å². The van der Waals surface area contributed by atoms with E-state index in [0.717, 1.165) is 17.0 Å². The van der Waals surface area contributed by atoms with E-state index >= 15 is 0 Å². The van der Waals surface area contributed by atoms with Crippen molar-refractivity contribution in [3.63, 3.8) is 0 Å². The van der Waals surface area contributed by atoms with Crippen LogP contribution in [0.3, 0.4) is 0 Å². The molecule has 1 amide bonds. The molecule has 1 rings (SSSR count). The lowest BCUT2D eigenvalue weighted by Gasteiger charge is -2.21. The molecule has 21 heavy (non-hydrogen) atoms. The molecule has 0 saturated carbocycles. The molecular weight excluding hydrogens is 294 g/mol. The Bertz CT molecular complexity index is 557. The number of aliphatic carboxylic acids is 1. The monoisotopic (exact) mass is 307 g/mol. The summed E-state index contributed by atoms with van der Waals surface area (Å²) < 4.78 is 51.4. The molecule has 116 valence electrons. The highest BCUT2D eigenvalue weighted by molar-refractivity contribution is 5.96. The van der Waals surface area contributed by atoms with Crippen LogP contribution in [-0.2, 0) is 11.0 Å². The molecule has 0 bridgehead atoms. The van der Waals surface area contributed by atoms with E-state index in [1.807, 2.05) is 0 Å². The topological polar surface area (TPSA) is 57.6 Å². The number of carbonyl (C=O) groups is 2. The highest BCUT2D eigenvalue weighted by Crippen LogP contribution is 2.33. The van der Waals surface area contributed by atoms with Crippen molar-refractivity contribution in [3.05, 3.63) is 35.1 Å². The van der Waals surface area contributed by atoms with Gasteiger partial charge in [0.05, 0.1) is 17.0 Å². The second-order valence-electron chi connectivity index (χ2n) is 4.61. The van der Waals surface area contributed by atoms with Crippen LogP contribution in [0.5, 0.6) is 0 Å². The number of amides is 1. The number of carboxylic acids is 1. The summed E-state index contributed by atoms with van der Waals surface area (Å²) in [4.78, 5) is 23.6. The second kappa shape index (κ2) is 6.11. The third-order valence-electron chi connectivity index (χ3n) is 2.83. The van der Waals surface area contributed by atoms with E-state index in [9.17, 15) is 27.2 Å². The van der Waals surface area contributed by atoms with Gasteiger partial charge in [-0.05, 0) is 18.2 Å². The van der Waals surface area contributed by atoms with Gasteiger partial charge in [0.15, 0.2) is 0 Å². The first-order chi connectivity index (χ1) is 9.54. The summed E-state index contributed by atoms with van der Waals surface area (Å²) in [5.41, 5.74) is -2.11. The average molecular weight is 307 g/mol. The number of nitrogens with zero attached hydrogens (tertiary/aromatic N) is 1. The lowest BCUT2D eigenvalue weighted by molar-refractivity contribution is -0.141. The Morgan fingerprint density at radius 3 is 2.38 bits per heavy atom. The van der Waals surface area contributed by atoms with Crippen molar-refractivity contribution in [1.29, 1.82) is 0 Å². The molecule has 0 spiro atoms. The van der Waals surface area contributed by atoms with Gasteiger partial charge in [0.25, 0.3) is 5.91 Å². The molecule has 8 heteroatoms. The van der Waals surface area contributed by atoms with Crippen molar-refractivity contribution in [3.8, 4) is 0 Å². The summed E-state index contributed by atoms with van der Waals surface area (Å²) in [5, 5.41) is 8.74. The van der Waals surface area contributed by atoms with Crippen LogP contribution in [-0.4, -0.2) is 35.5 Å². The molecule has 1 aromatic carbocycles. The van der Waals surface area contributed by atoms with Crippen molar-refractivity contribution in [2.24, 2.45) is 5.92 Å². The van der Waals surface area contributed by atoms with Crippen LogP contribution in [0, 0.1) is 11.7 Å². The fourth-order valence-electron chi connectivity index (χ4n) is 1.71. The Morgan fingerprint density at radius 2 is 1.90 bits per heavy atom. The highest BCUT2D eigenvalue weighted by Gasteiger charge is 2.36. The molecule has 0 aromatic heterocycles. The van der Waals surface area contributed by atoms with E-state index in [1.165, 1.54) is 14.0 Å². The van der Waals surface area contributed by atoms with Gasteiger partial charge in [-0.25, -0.2) is 4.39 Å². The number of carboxylic acid groups (broad SMARTS) is 1. The van der Waals surface area contributed by atoms with E-state index in [2.05, 4.69) is 0 Å². The normalized spacial score (nSPS) is 12.9. The Morgan fingerprint density at radius 1 is 1.33 bits per heavy atom. The zero-order valence-electron chi connectivity index (χ0n) is 11.2. The number of hydrogen-bond donors (Lipinski definition) is 1. The predicted molar refractivity (Wildman–Crippen MR) is 65.2 cm³/mol. The SMILES string of the molecule is CC(CN(C)C(=O)c1ccc(F)cc1C(F)(F)F)C(=O)O. The first kappa shape index (κ1) is 16.9. The quantitative estimate of drug-likeness (QED) is 0.870. The van der Waals surface area contributed by atoms with Crippen molar-refractivity contribution in [2.75, 3.05) is 13.6 Å². The highest BCUT2D eigenvalue weighted by atomic mass is 19.4. The van der Waals surface area contributed by atoms with Gasteiger partial charge in [-0.2, -0.15) is 13.2 Å². The van der Waals surface area contributed by atoms with Crippen LogP contribution >= 0.6 is 0 Å². The van der Waals surface area contributed by atoms with Gasteiger partial charge in [-0.15, -0.1) is 0 Å². The Balaban J connectivity index is 3.10. The summed E-state index contributed by atoms with van der Waals surface area (Å²) in [7, 11) is 1.19. The minimum Gasteiger partial charge on any atom is -0.481 e. The van der Waals surface area contributed by atoms with Crippen LogP contribution in [0.4, 0.5) is 17.6 Å². The van der Waals surface area contributed by atoms with Crippen LogP contribution in [0.15, 0.2) is 18.2 Å². The second-order valence-corrected chi connectivity index (χ2v) is 4.61. The summed E-state index contributed by atoms with van der Waals surface area (Å²) >= 11 is 0. The summed E-state index contributed by atoms with van der Waals surface area (Å²) in [6, 6.07) is 1.72. The fraction of sp³-hybridized carbons (Fsp3) is 0.385. The first-order valence-electron chi connectivity index (χ1n) is 5.89. The standard InChI is InChI=1S/C13H13F4NO3/c1-7(12(20)21)6-18(2)11(19)9-4-3-8(14)5-10(9)13(15,16)17/h3-5,7H,6H2,1-2H3,(H,20,21). The van der Waals surface area contributed by atoms with Crippen LogP contribution in [0.2, 0.25) is 0 Å². The zero-order chi connectivity index (χ0) is 16.4. The van der Waals surface area contributed by atoms with E-state index in [-0.39, 0.29) is 12.6 Å². The Labute approximate surface area is 118 Å². The maximum absolute atomic E-state index is 13.0. The Kier molecular flexibility index (Phi) is 4.93. The number of carbonyl (C=O) groups excluding carboxylic acids is 1. The Hall–Kier alpha value is -2.12. The largest absolute Gasteiger partial charge is 0.481 e. The van der Waals surface area contributed by atoms with Gasteiger partial charge in [0, 0.05) is 13.6 Å². The van der Waals surface area contributed by atoms with E-state index < -0.39 is 40.9 Å².